The molecule has 0 aliphatic heterocycles. The molecule has 6 heteroatoms. The maximum absolute atomic E-state index is 10.9. The number of hydrogen-bond donors (Lipinski definition) is 2. The molecule has 0 amide bonds. The van der Waals surface area contributed by atoms with Gasteiger partial charge in [-0.25, -0.2) is 8.42 Å². The normalized spacial score (nSPS) is 11.4. The van der Waals surface area contributed by atoms with Gasteiger partial charge in [-0.2, -0.15) is 0 Å². The topological polar surface area (TPSA) is 72.2 Å². The molecule has 0 saturated carbocycles. The Hall–Kier alpha value is -0.780. The lowest BCUT2D eigenvalue weighted by Crippen LogP contribution is -2.09. The zero-order chi connectivity index (χ0) is 10.8. The van der Waals surface area contributed by atoms with E-state index in [2.05, 4.69) is 4.72 Å². The number of rotatable bonds is 3. The number of halogens is 1. The van der Waals surface area contributed by atoms with Gasteiger partial charge in [0, 0.05) is 17.3 Å². The van der Waals surface area contributed by atoms with Crippen molar-refractivity contribution >= 4 is 27.3 Å². The van der Waals surface area contributed by atoms with Crippen LogP contribution in [0.4, 0.5) is 5.69 Å². The van der Waals surface area contributed by atoms with Crippen molar-refractivity contribution in [2.75, 3.05) is 11.0 Å². The second-order valence-electron chi connectivity index (χ2n) is 2.88. The average Bonchev–Trinajstić information content (AvgIpc) is 2.01. The summed E-state index contributed by atoms with van der Waals surface area (Å²) < 4.78 is 24.1. The summed E-state index contributed by atoms with van der Waals surface area (Å²) in [6, 6.07) is 4.84. The fraction of sp³-hybridized carbons (Fsp3) is 0.250. The molecule has 0 radical (unpaired) electrons. The number of sulfonamides is 1. The van der Waals surface area contributed by atoms with Crippen molar-refractivity contribution in [3.05, 3.63) is 28.8 Å². The third-order valence-electron chi connectivity index (χ3n) is 1.58. The van der Waals surface area contributed by atoms with E-state index in [0.717, 1.165) is 11.8 Å². The van der Waals surface area contributed by atoms with Gasteiger partial charge in [0.25, 0.3) is 0 Å². The minimum Gasteiger partial charge on any atom is -0.326 e. The van der Waals surface area contributed by atoms with Crippen LogP contribution in [0.5, 0.6) is 0 Å². The standard InChI is InChI=1S/C8H11ClN2O2S/c1-14(12,13)11-7-3-2-6(5-10)8(9)4-7/h2-4,11H,5,10H2,1H3. The first kappa shape index (κ1) is 11.3. The van der Waals surface area contributed by atoms with E-state index in [1.54, 1.807) is 12.1 Å². The van der Waals surface area contributed by atoms with Gasteiger partial charge in [0.05, 0.1) is 6.26 Å². The maximum atomic E-state index is 10.9. The van der Waals surface area contributed by atoms with Crippen LogP contribution in [0.15, 0.2) is 18.2 Å². The highest BCUT2D eigenvalue weighted by Gasteiger charge is 2.04. The summed E-state index contributed by atoms with van der Waals surface area (Å²) in [5.41, 5.74) is 6.63. The van der Waals surface area contributed by atoms with Crippen molar-refractivity contribution in [1.82, 2.24) is 0 Å². The largest absolute Gasteiger partial charge is 0.326 e. The summed E-state index contributed by atoms with van der Waals surface area (Å²) in [5, 5.41) is 0.459. The lowest BCUT2D eigenvalue weighted by molar-refractivity contribution is 0.607. The monoisotopic (exact) mass is 234 g/mol. The third-order valence-corrected chi connectivity index (χ3v) is 2.53. The zero-order valence-corrected chi connectivity index (χ0v) is 9.19. The third kappa shape index (κ3) is 3.17. The van der Waals surface area contributed by atoms with Crippen LogP contribution in [0.1, 0.15) is 5.56 Å². The Bertz CT molecular complexity index is 431. The van der Waals surface area contributed by atoms with Crippen LogP contribution in [0.2, 0.25) is 5.02 Å². The molecule has 4 nitrogen and oxygen atoms in total. The molecular formula is C8H11ClN2O2S. The SMILES string of the molecule is CS(=O)(=O)Nc1ccc(CN)c(Cl)c1. The first-order valence-corrected chi connectivity index (χ1v) is 6.15. The van der Waals surface area contributed by atoms with Crippen molar-refractivity contribution in [3.63, 3.8) is 0 Å². The molecule has 0 bridgehead atoms. The quantitative estimate of drug-likeness (QED) is 0.825. The van der Waals surface area contributed by atoms with Crippen molar-refractivity contribution in [1.29, 1.82) is 0 Å². The highest BCUT2D eigenvalue weighted by molar-refractivity contribution is 7.92. The van der Waals surface area contributed by atoms with Crippen LogP contribution in [-0.4, -0.2) is 14.7 Å². The highest BCUT2D eigenvalue weighted by atomic mass is 35.5. The Morgan fingerprint density at radius 3 is 2.57 bits per heavy atom. The van der Waals surface area contributed by atoms with Gasteiger partial charge >= 0.3 is 0 Å². The van der Waals surface area contributed by atoms with Crippen LogP contribution in [0, 0.1) is 0 Å². The van der Waals surface area contributed by atoms with Crippen LogP contribution >= 0.6 is 11.6 Å². The van der Waals surface area contributed by atoms with Crippen LogP contribution < -0.4 is 10.5 Å². The molecule has 0 aliphatic carbocycles. The Morgan fingerprint density at radius 1 is 1.50 bits per heavy atom. The molecule has 0 spiro atoms. The molecule has 0 fully saturated rings. The van der Waals surface area contributed by atoms with Gasteiger partial charge in [-0.05, 0) is 17.7 Å². The summed E-state index contributed by atoms with van der Waals surface area (Å²) in [7, 11) is -3.25. The van der Waals surface area contributed by atoms with Gasteiger partial charge in [-0.1, -0.05) is 17.7 Å². The molecule has 1 rings (SSSR count). The maximum Gasteiger partial charge on any atom is 0.229 e. The average molecular weight is 235 g/mol. The van der Waals surface area contributed by atoms with Gasteiger partial charge < -0.3 is 5.73 Å². The second kappa shape index (κ2) is 4.16. The number of hydrogen-bond acceptors (Lipinski definition) is 3. The minimum atomic E-state index is -3.25. The number of benzene rings is 1. The minimum absolute atomic E-state index is 0.331. The van der Waals surface area contributed by atoms with Crippen molar-refractivity contribution in [3.8, 4) is 0 Å². The molecule has 1 aromatic carbocycles. The van der Waals surface area contributed by atoms with E-state index in [1.165, 1.54) is 6.07 Å². The molecule has 0 atom stereocenters. The fourth-order valence-electron chi connectivity index (χ4n) is 0.990. The number of nitrogens with one attached hydrogen (secondary N) is 1. The molecular weight excluding hydrogens is 224 g/mol. The molecule has 0 aromatic heterocycles. The summed E-state index contributed by atoms with van der Waals surface area (Å²) in [6.07, 6.45) is 1.08. The number of nitrogens with two attached hydrogens (primary N) is 1. The fourth-order valence-corrected chi connectivity index (χ4v) is 1.80. The summed E-state index contributed by atoms with van der Waals surface area (Å²) in [5.74, 6) is 0. The summed E-state index contributed by atoms with van der Waals surface area (Å²) in [6.45, 7) is 0.331. The van der Waals surface area contributed by atoms with Gasteiger partial charge in [-0.3, -0.25) is 4.72 Å². The van der Waals surface area contributed by atoms with Crippen LogP contribution in [0.25, 0.3) is 0 Å². The van der Waals surface area contributed by atoms with Crippen molar-refractivity contribution < 1.29 is 8.42 Å². The summed E-state index contributed by atoms with van der Waals surface area (Å²) >= 11 is 5.84. The molecule has 0 aliphatic rings. The first-order valence-electron chi connectivity index (χ1n) is 3.88. The van der Waals surface area contributed by atoms with Crippen molar-refractivity contribution in [2.24, 2.45) is 5.73 Å². The van der Waals surface area contributed by atoms with E-state index in [9.17, 15) is 8.42 Å². The first-order chi connectivity index (χ1) is 6.42. The molecule has 78 valence electrons. The number of anilines is 1. The van der Waals surface area contributed by atoms with E-state index < -0.39 is 10.0 Å². The highest BCUT2D eigenvalue weighted by Crippen LogP contribution is 2.20. The predicted molar refractivity (Wildman–Crippen MR) is 57.8 cm³/mol. The molecule has 3 N–H and O–H groups in total. The predicted octanol–water partition coefficient (Wildman–Crippen LogP) is 1.17. The lowest BCUT2D eigenvalue weighted by atomic mass is 10.2. The molecule has 0 saturated heterocycles. The molecule has 0 heterocycles. The van der Waals surface area contributed by atoms with Gasteiger partial charge in [0.2, 0.25) is 10.0 Å². The van der Waals surface area contributed by atoms with Crippen LogP contribution in [0.3, 0.4) is 0 Å². The second-order valence-corrected chi connectivity index (χ2v) is 5.04. The van der Waals surface area contributed by atoms with E-state index >= 15 is 0 Å². The van der Waals surface area contributed by atoms with Crippen LogP contribution in [-0.2, 0) is 16.6 Å². The Labute approximate surface area is 88.1 Å². The summed E-state index contributed by atoms with van der Waals surface area (Å²) in [4.78, 5) is 0. The van der Waals surface area contributed by atoms with Gasteiger partial charge in [-0.15, -0.1) is 0 Å². The van der Waals surface area contributed by atoms with Gasteiger partial charge in [0.15, 0.2) is 0 Å². The Morgan fingerprint density at radius 2 is 2.14 bits per heavy atom. The Kier molecular flexibility index (Phi) is 3.36. The smallest absolute Gasteiger partial charge is 0.229 e. The van der Waals surface area contributed by atoms with E-state index in [1.807, 2.05) is 0 Å². The van der Waals surface area contributed by atoms with Gasteiger partial charge in [0.1, 0.15) is 0 Å². The van der Waals surface area contributed by atoms with Crippen molar-refractivity contribution in [2.45, 2.75) is 6.54 Å². The Balaban J connectivity index is 2.98. The molecule has 14 heavy (non-hydrogen) atoms. The van der Waals surface area contributed by atoms with E-state index in [0.29, 0.717) is 17.3 Å². The van der Waals surface area contributed by atoms with E-state index in [-0.39, 0.29) is 0 Å². The molecule has 1 aromatic rings. The van der Waals surface area contributed by atoms with E-state index in [4.69, 9.17) is 17.3 Å². The molecule has 0 unspecified atom stereocenters. The lowest BCUT2D eigenvalue weighted by Gasteiger charge is -2.06. The zero-order valence-electron chi connectivity index (χ0n) is 7.62.